The van der Waals surface area contributed by atoms with Crippen molar-refractivity contribution in [3.63, 3.8) is 0 Å². The van der Waals surface area contributed by atoms with Crippen molar-refractivity contribution in [3.8, 4) is 0 Å². The third kappa shape index (κ3) is 2.30. The minimum absolute atomic E-state index is 0.0401. The molecule has 2 unspecified atom stereocenters. The topological polar surface area (TPSA) is 67.2 Å². The Morgan fingerprint density at radius 3 is 2.50 bits per heavy atom. The molecule has 0 spiro atoms. The molecule has 1 aromatic heterocycles. The summed E-state index contributed by atoms with van der Waals surface area (Å²) >= 11 is 0. The van der Waals surface area contributed by atoms with Crippen LogP contribution in [0.5, 0.6) is 0 Å². The second-order valence-corrected chi connectivity index (χ2v) is 5.09. The number of carbonyl (C=O) groups excluding carboxylic acids is 2. The number of piperazine rings is 1. The fourth-order valence-electron chi connectivity index (χ4n) is 2.67. The van der Waals surface area contributed by atoms with E-state index >= 15 is 0 Å². The van der Waals surface area contributed by atoms with Gasteiger partial charge in [0, 0.05) is 13.2 Å². The van der Waals surface area contributed by atoms with Gasteiger partial charge in [0.2, 0.25) is 11.8 Å². The molecule has 0 aromatic carbocycles. The zero-order valence-corrected chi connectivity index (χ0v) is 12.5. The van der Waals surface area contributed by atoms with E-state index < -0.39 is 12.1 Å². The second-order valence-electron chi connectivity index (χ2n) is 5.09. The van der Waals surface area contributed by atoms with Crippen molar-refractivity contribution < 1.29 is 9.59 Å². The standard InChI is InChI=1S/C14H22N4O2/c1-5-9-12(8-17(4)16-9)18-11(7-3)13(19)15-10(6-2)14(18)20/h8,10-11H,5-7H2,1-4H3,(H,15,19). The van der Waals surface area contributed by atoms with E-state index in [2.05, 4.69) is 10.4 Å². The predicted molar refractivity (Wildman–Crippen MR) is 76.4 cm³/mol. The number of rotatable bonds is 4. The summed E-state index contributed by atoms with van der Waals surface area (Å²) in [5.74, 6) is -0.119. The average molecular weight is 278 g/mol. The van der Waals surface area contributed by atoms with Gasteiger partial charge < -0.3 is 5.32 Å². The van der Waals surface area contributed by atoms with Crippen LogP contribution < -0.4 is 10.2 Å². The summed E-state index contributed by atoms with van der Waals surface area (Å²) in [7, 11) is 1.83. The van der Waals surface area contributed by atoms with E-state index in [1.807, 2.05) is 34.0 Å². The number of hydrogen-bond acceptors (Lipinski definition) is 3. The predicted octanol–water partition coefficient (Wildman–Crippen LogP) is 1.00. The highest BCUT2D eigenvalue weighted by Gasteiger charge is 2.40. The smallest absolute Gasteiger partial charge is 0.250 e. The number of anilines is 1. The van der Waals surface area contributed by atoms with Crippen molar-refractivity contribution in [1.82, 2.24) is 15.1 Å². The number of nitrogens with one attached hydrogen (secondary N) is 1. The quantitative estimate of drug-likeness (QED) is 0.893. The van der Waals surface area contributed by atoms with Gasteiger partial charge in [0.05, 0.1) is 11.4 Å². The molecule has 2 heterocycles. The number of aryl methyl sites for hydroxylation is 2. The molecule has 20 heavy (non-hydrogen) atoms. The highest BCUT2D eigenvalue weighted by Crippen LogP contribution is 2.27. The maximum absolute atomic E-state index is 12.6. The Morgan fingerprint density at radius 1 is 1.25 bits per heavy atom. The van der Waals surface area contributed by atoms with Gasteiger partial charge in [-0.3, -0.25) is 19.2 Å². The van der Waals surface area contributed by atoms with Gasteiger partial charge in [-0.15, -0.1) is 0 Å². The van der Waals surface area contributed by atoms with E-state index in [1.165, 1.54) is 0 Å². The van der Waals surface area contributed by atoms with Crippen LogP contribution in [0.3, 0.4) is 0 Å². The number of hydrogen-bond donors (Lipinski definition) is 1. The second kappa shape index (κ2) is 5.64. The summed E-state index contributed by atoms with van der Waals surface area (Å²) in [6.07, 6.45) is 3.74. The molecule has 1 saturated heterocycles. The van der Waals surface area contributed by atoms with E-state index in [0.29, 0.717) is 12.8 Å². The molecule has 2 amide bonds. The van der Waals surface area contributed by atoms with E-state index in [0.717, 1.165) is 17.8 Å². The summed E-state index contributed by atoms with van der Waals surface area (Å²) in [5.41, 5.74) is 1.61. The van der Waals surface area contributed by atoms with Crippen LogP contribution in [0.1, 0.15) is 39.3 Å². The normalized spacial score (nSPS) is 23.1. The number of carbonyl (C=O) groups is 2. The SMILES string of the molecule is CCc1nn(C)cc1N1C(=O)C(CC)NC(=O)C1CC. The zero-order valence-electron chi connectivity index (χ0n) is 12.5. The molecule has 0 bridgehead atoms. The average Bonchev–Trinajstić information content (AvgIpc) is 2.81. The van der Waals surface area contributed by atoms with Gasteiger partial charge in [-0.25, -0.2) is 0 Å². The lowest BCUT2D eigenvalue weighted by atomic mass is 10.0. The van der Waals surface area contributed by atoms with Crippen LogP contribution in [0.4, 0.5) is 5.69 Å². The van der Waals surface area contributed by atoms with Crippen molar-refractivity contribution >= 4 is 17.5 Å². The Morgan fingerprint density at radius 2 is 1.95 bits per heavy atom. The molecule has 2 atom stereocenters. The first kappa shape index (κ1) is 14.6. The third-order valence-electron chi connectivity index (χ3n) is 3.74. The Hall–Kier alpha value is -1.85. The summed E-state index contributed by atoms with van der Waals surface area (Å²) in [6.45, 7) is 5.81. The molecule has 1 N–H and O–H groups in total. The highest BCUT2D eigenvalue weighted by molar-refractivity contribution is 6.08. The molecule has 110 valence electrons. The molecule has 6 heteroatoms. The van der Waals surface area contributed by atoms with Crippen LogP contribution in [-0.4, -0.2) is 33.7 Å². The van der Waals surface area contributed by atoms with E-state index in [9.17, 15) is 9.59 Å². The van der Waals surface area contributed by atoms with Crippen LogP contribution in [0.2, 0.25) is 0 Å². The fourth-order valence-corrected chi connectivity index (χ4v) is 2.67. The Kier molecular flexibility index (Phi) is 4.11. The molecule has 2 rings (SSSR count). The van der Waals surface area contributed by atoms with Crippen LogP contribution in [0.15, 0.2) is 6.20 Å². The highest BCUT2D eigenvalue weighted by atomic mass is 16.2. The molecule has 6 nitrogen and oxygen atoms in total. The fraction of sp³-hybridized carbons (Fsp3) is 0.643. The number of amides is 2. The van der Waals surface area contributed by atoms with Crippen molar-refractivity contribution in [1.29, 1.82) is 0 Å². The zero-order chi connectivity index (χ0) is 14.9. The lowest BCUT2D eigenvalue weighted by molar-refractivity contribution is -0.134. The lowest BCUT2D eigenvalue weighted by Crippen LogP contribution is -2.63. The molecule has 1 aromatic rings. The van der Waals surface area contributed by atoms with Gasteiger partial charge in [0.15, 0.2) is 0 Å². The van der Waals surface area contributed by atoms with Crippen molar-refractivity contribution in [3.05, 3.63) is 11.9 Å². The largest absolute Gasteiger partial charge is 0.342 e. The molecule has 1 aliphatic rings. The molecule has 0 aliphatic carbocycles. The molecule has 0 saturated carbocycles. The first-order valence-corrected chi connectivity index (χ1v) is 7.19. The van der Waals surface area contributed by atoms with Crippen LogP contribution >= 0.6 is 0 Å². The lowest BCUT2D eigenvalue weighted by Gasteiger charge is -2.38. The van der Waals surface area contributed by atoms with Crippen LogP contribution in [0.25, 0.3) is 0 Å². The maximum Gasteiger partial charge on any atom is 0.250 e. The van der Waals surface area contributed by atoms with Gasteiger partial charge >= 0.3 is 0 Å². The summed E-state index contributed by atoms with van der Waals surface area (Å²) in [4.78, 5) is 26.5. The Balaban J connectivity index is 2.47. The third-order valence-corrected chi connectivity index (χ3v) is 3.74. The van der Waals surface area contributed by atoms with Gasteiger partial charge in [0.1, 0.15) is 12.1 Å². The van der Waals surface area contributed by atoms with Gasteiger partial charge in [-0.05, 0) is 19.3 Å². The Labute approximate surface area is 119 Å². The van der Waals surface area contributed by atoms with Crippen molar-refractivity contribution in [2.75, 3.05) is 4.90 Å². The molecule has 1 aliphatic heterocycles. The summed E-state index contributed by atoms with van der Waals surface area (Å²) < 4.78 is 1.70. The van der Waals surface area contributed by atoms with E-state index in [-0.39, 0.29) is 11.8 Å². The van der Waals surface area contributed by atoms with Gasteiger partial charge in [-0.1, -0.05) is 20.8 Å². The maximum atomic E-state index is 12.6. The molecular weight excluding hydrogens is 256 g/mol. The number of nitrogens with zero attached hydrogens (tertiary/aromatic N) is 3. The van der Waals surface area contributed by atoms with Crippen molar-refractivity contribution in [2.45, 2.75) is 52.1 Å². The molecule has 1 fully saturated rings. The molecule has 0 radical (unpaired) electrons. The van der Waals surface area contributed by atoms with Crippen LogP contribution in [-0.2, 0) is 23.1 Å². The van der Waals surface area contributed by atoms with Gasteiger partial charge in [0.25, 0.3) is 0 Å². The number of aromatic nitrogens is 2. The van der Waals surface area contributed by atoms with Gasteiger partial charge in [-0.2, -0.15) is 5.10 Å². The Bertz CT molecular complexity index is 523. The molecular formula is C14H22N4O2. The van der Waals surface area contributed by atoms with E-state index in [1.54, 1.807) is 9.58 Å². The first-order chi connectivity index (χ1) is 9.53. The summed E-state index contributed by atoms with van der Waals surface area (Å²) in [5, 5.41) is 7.18. The summed E-state index contributed by atoms with van der Waals surface area (Å²) in [6, 6.07) is -0.880. The minimum atomic E-state index is -0.445. The monoisotopic (exact) mass is 278 g/mol. The first-order valence-electron chi connectivity index (χ1n) is 7.19. The van der Waals surface area contributed by atoms with Crippen LogP contribution in [0, 0.1) is 0 Å². The minimum Gasteiger partial charge on any atom is -0.342 e. The van der Waals surface area contributed by atoms with Crippen molar-refractivity contribution in [2.24, 2.45) is 7.05 Å². The van der Waals surface area contributed by atoms with E-state index in [4.69, 9.17) is 0 Å².